The Balaban J connectivity index is 1.95. The first kappa shape index (κ1) is 13.2. The molecular formula is C14H13N3O4. The molecule has 0 fully saturated rings. The van der Waals surface area contributed by atoms with E-state index in [1.165, 1.54) is 0 Å². The molecule has 1 amide bonds. The molecule has 0 unspecified atom stereocenters. The van der Waals surface area contributed by atoms with Crippen LogP contribution in [0.25, 0.3) is 0 Å². The summed E-state index contributed by atoms with van der Waals surface area (Å²) in [7, 11) is 1.96. The molecule has 0 saturated heterocycles. The molecule has 21 heavy (non-hydrogen) atoms. The number of carbonyl (C=O) groups excluding carboxylic acids is 1. The Kier molecular flexibility index (Phi) is 3.09. The number of carboxylic acids is 1. The molecule has 1 aliphatic rings. The molecule has 0 aliphatic carbocycles. The van der Waals surface area contributed by atoms with Gasteiger partial charge in [-0.3, -0.25) is 4.79 Å². The molecule has 3 rings (SSSR count). The standard InChI is InChI=1S/C14H13N3O4/c1-16-6-7-17(11-5-3-2-4-10(11)16)13(18)9-8-12(14(19)20)21-15-9/h2-5,8H,6-7H2,1H3,(H,19,20). The van der Waals surface area contributed by atoms with Gasteiger partial charge < -0.3 is 19.4 Å². The highest BCUT2D eigenvalue weighted by atomic mass is 16.5. The van der Waals surface area contributed by atoms with Crippen LogP contribution in [0.4, 0.5) is 11.4 Å². The second kappa shape index (κ2) is 4.93. The second-order valence-corrected chi connectivity index (χ2v) is 4.75. The van der Waals surface area contributed by atoms with Gasteiger partial charge in [0, 0.05) is 26.2 Å². The number of para-hydroxylation sites is 2. The van der Waals surface area contributed by atoms with Gasteiger partial charge in [0.2, 0.25) is 5.76 Å². The van der Waals surface area contributed by atoms with E-state index >= 15 is 0 Å². The molecule has 1 aliphatic heterocycles. The Bertz CT molecular complexity index is 710. The van der Waals surface area contributed by atoms with Gasteiger partial charge in [-0.1, -0.05) is 17.3 Å². The highest BCUT2D eigenvalue weighted by Gasteiger charge is 2.28. The molecule has 0 bridgehead atoms. The molecule has 0 saturated carbocycles. The maximum atomic E-state index is 12.5. The van der Waals surface area contributed by atoms with E-state index in [2.05, 4.69) is 14.6 Å². The zero-order valence-corrected chi connectivity index (χ0v) is 11.3. The van der Waals surface area contributed by atoms with Crippen molar-refractivity contribution in [3.63, 3.8) is 0 Å². The first-order valence-electron chi connectivity index (χ1n) is 6.40. The van der Waals surface area contributed by atoms with Crippen LogP contribution < -0.4 is 9.80 Å². The van der Waals surface area contributed by atoms with Crippen LogP contribution in [0.15, 0.2) is 34.9 Å². The number of carbonyl (C=O) groups is 2. The number of benzene rings is 1. The molecule has 2 heterocycles. The smallest absolute Gasteiger partial charge is 0.374 e. The predicted octanol–water partition coefficient (Wildman–Crippen LogP) is 1.47. The Hall–Kier alpha value is -2.83. The van der Waals surface area contributed by atoms with E-state index < -0.39 is 5.97 Å². The van der Waals surface area contributed by atoms with Crippen LogP contribution in [0.1, 0.15) is 21.0 Å². The molecule has 1 aromatic heterocycles. The highest BCUT2D eigenvalue weighted by Crippen LogP contribution is 2.32. The van der Waals surface area contributed by atoms with Gasteiger partial charge in [0.15, 0.2) is 5.69 Å². The molecule has 0 radical (unpaired) electrons. The molecule has 7 nitrogen and oxygen atoms in total. The Labute approximate surface area is 120 Å². The average Bonchev–Trinajstić information content (AvgIpc) is 2.97. The number of hydrogen-bond donors (Lipinski definition) is 1. The topological polar surface area (TPSA) is 86.9 Å². The third-order valence-corrected chi connectivity index (χ3v) is 3.43. The summed E-state index contributed by atoms with van der Waals surface area (Å²) in [4.78, 5) is 26.9. The summed E-state index contributed by atoms with van der Waals surface area (Å²) in [5.41, 5.74) is 1.71. The first-order chi connectivity index (χ1) is 10.1. The van der Waals surface area contributed by atoms with Gasteiger partial charge in [-0.25, -0.2) is 4.79 Å². The lowest BCUT2D eigenvalue weighted by Gasteiger charge is -2.35. The van der Waals surface area contributed by atoms with Gasteiger partial charge >= 0.3 is 5.97 Å². The normalized spacial score (nSPS) is 14.0. The summed E-state index contributed by atoms with van der Waals surface area (Å²) < 4.78 is 4.64. The van der Waals surface area contributed by atoms with Gasteiger partial charge in [-0.05, 0) is 12.1 Å². The number of rotatable bonds is 2. The van der Waals surface area contributed by atoms with Gasteiger partial charge in [0.1, 0.15) is 0 Å². The summed E-state index contributed by atoms with van der Waals surface area (Å²) in [5, 5.41) is 12.4. The minimum absolute atomic E-state index is 0.00763. The Morgan fingerprint density at radius 1 is 1.24 bits per heavy atom. The third-order valence-electron chi connectivity index (χ3n) is 3.43. The summed E-state index contributed by atoms with van der Waals surface area (Å²) in [5.74, 6) is -1.96. The molecule has 108 valence electrons. The van der Waals surface area contributed by atoms with Gasteiger partial charge in [-0.2, -0.15) is 0 Å². The van der Waals surface area contributed by atoms with E-state index in [0.717, 1.165) is 17.4 Å². The largest absolute Gasteiger partial charge is 0.475 e. The minimum atomic E-state index is -1.25. The molecular weight excluding hydrogens is 274 g/mol. The van der Waals surface area contributed by atoms with E-state index in [1.807, 2.05) is 31.3 Å². The van der Waals surface area contributed by atoms with Crippen molar-refractivity contribution >= 4 is 23.3 Å². The zero-order chi connectivity index (χ0) is 15.0. The molecule has 1 aromatic carbocycles. The number of aromatic nitrogens is 1. The quantitative estimate of drug-likeness (QED) is 0.900. The van der Waals surface area contributed by atoms with Crippen LogP contribution in [0.2, 0.25) is 0 Å². The van der Waals surface area contributed by atoms with Crippen molar-refractivity contribution in [2.75, 3.05) is 29.9 Å². The summed E-state index contributed by atoms with van der Waals surface area (Å²) >= 11 is 0. The van der Waals surface area contributed by atoms with Crippen LogP contribution in [-0.4, -0.2) is 42.3 Å². The third kappa shape index (κ3) is 2.22. The summed E-state index contributed by atoms with van der Waals surface area (Å²) in [6.07, 6.45) is 0. The van der Waals surface area contributed by atoms with Crippen LogP contribution in [-0.2, 0) is 0 Å². The molecule has 0 atom stereocenters. The van der Waals surface area contributed by atoms with Crippen LogP contribution in [0.3, 0.4) is 0 Å². The molecule has 0 spiro atoms. The number of carboxylic acid groups (broad SMARTS) is 1. The lowest BCUT2D eigenvalue weighted by Crippen LogP contribution is -2.42. The highest BCUT2D eigenvalue weighted by molar-refractivity contribution is 6.07. The van der Waals surface area contributed by atoms with Crippen molar-refractivity contribution in [1.29, 1.82) is 0 Å². The van der Waals surface area contributed by atoms with Crippen molar-refractivity contribution in [3.8, 4) is 0 Å². The minimum Gasteiger partial charge on any atom is -0.475 e. The fourth-order valence-corrected chi connectivity index (χ4v) is 2.33. The molecule has 2 aromatic rings. The van der Waals surface area contributed by atoms with Gasteiger partial charge in [0.05, 0.1) is 11.4 Å². The fraction of sp³-hybridized carbons (Fsp3) is 0.214. The number of likely N-dealkylation sites (N-methyl/N-ethyl adjacent to an activating group) is 1. The number of fused-ring (bicyclic) bond motifs is 1. The van der Waals surface area contributed by atoms with E-state index in [9.17, 15) is 9.59 Å². The van der Waals surface area contributed by atoms with E-state index in [0.29, 0.717) is 13.1 Å². The summed E-state index contributed by atoms with van der Waals surface area (Å²) in [6, 6.07) is 8.68. The lowest BCUT2D eigenvalue weighted by atomic mass is 10.1. The average molecular weight is 287 g/mol. The van der Waals surface area contributed by atoms with Crippen LogP contribution in [0.5, 0.6) is 0 Å². The number of aromatic carboxylic acids is 1. The Morgan fingerprint density at radius 2 is 1.95 bits per heavy atom. The fourth-order valence-electron chi connectivity index (χ4n) is 2.33. The number of anilines is 2. The number of nitrogens with zero attached hydrogens (tertiary/aromatic N) is 3. The maximum absolute atomic E-state index is 12.5. The van der Waals surface area contributed by atoms with Crippen molar-refractivity contribution < 1.29 is 19.2 Å². The van der Waals surface area contributed by atoms with Crippen molar-refractivity contribution in [1.82, 2.24) is 5.16 Å². The van der Waals surface area contributed by atoms with Crippen molar-refractivity contribution in [3.05, 3.63) is 41.8 Å². The zero-order valence-electron chi connectivity index (χ0n) is 11.3. The van der Waals surface area contributed by atoms with Crippen LogP contribution in [0, 0.1) is 0 Å². The predicted molar refractivity (Wildman–Crippen MR) is 74.9 cm³/mol. The number of amides is 1. The second-order valence-electron chi connectivity index (χ2n) is 4.75. The SMILES string of the molecule is CN1CCN(C(=O)c2cc(C(=O)O)on2)c2ccccc21. The lowest BCUT2D eigenvalue weighted by molar-refractivity contribution is 0.0651. The van der Waals surface area contributed by atoms with E-state index in [4.69, 9.17) is 5.11 Å². The molecule has 1 N–H and O–H groups in total. The van der Waals surface area contributed by atoms with Crippen molar-refractivity contribution in [2.45, 2.75) is 0 Å². The number of hydrogen-bond acceptors (Lipinski definition) is 5. The monoisotopic (exact) mass is 287 g/mol. The van der Waals surface area contributed by atoms with Crippen LogP contribution >= 0.6 is 0 Å². The first-order valence-corrected chi connectivity index (χ1v) is 6.40. The Morgan fingerprint density at radius 3 is 2.62 bits per heavy atom. The maximum Gasteiger partial charge on any atom is 0.374 e. The summed E-state index contributed by atoms with van der Waals surface area (Å²) in [6.45, 7) is 1.19. The molecule has 7 heteroatoms. The van der Waals surface area contributed by atoms with Gasteiger partial charge in [0.25, 0.3) is 5.91 Å². The van der Waals surface area contributed by atoms with Crippen molar-refractivity contribution in [2.24, 2.45) is 0 Å². The van der Waals surface area contributed by atoms with E-state index in [-0.39, 0.29) is 17.4 Å². The van der Waals surface area contributed by atoms with E-state index in [1.54, 1.807) is 4.90 Å². The van der Waals surface area contributed by atoms with Gasteiger partial charge in [-0.15, -0.1) is 0 Å².